The molecule has 0 radical (unpaired) electrons. The van der Waals surface area contributed by atoms with E-state index >= 15 is 0 Å². The van der Waals surface area contributed by atoms with E-state index in [2.05, 4.69) is 15.9 Å². The highest BCUT2D eigenvalue weighted by Crippen LogP contribution is 2.27. The molecule has 3 nitrogen and oxygen atoms in total. The monoisotopic (exact) mass is 315 g/mol. The third-order valence-electron chi connectivity index (χ3n) is 2.78. The van der Waals surface area contributed by atoms with Gasteiger partial charge in [0.1, 0.15) is 5.75 Å². The standard InChI is InChI=1S/C14H22BrNO2/c1-11(16)13-7-6-12(15)10-14(13)18-9-5-3-2-4-8-17/h6-7,10-11,17H,2-5,8-9,16H2,1H3/t11-/m0/s1. The van der Waals surface area contributed by atoms with Crippen LogP contribution in [0.15, 0.2) is 22.7 Å². The second-order valence-electron chi connectivity index (χ2n) is 4.46. The summed E-state index contributed by atoms with van der Waals surface area (Å²) in [5.41, 5.74) is 6.95. The Bertz CT molecular complexity index is 356. The summed E-state index contributed by atoms with van der Waals surface area (Å²) >= 11 is 3.44. The molecular formula is C14H22BrNO2. The zero-order chi connectivity index (χ0) is 13.4. The van der Waals surface area contributed by atoms with Crippen LogP contribution >= 0.6 is 15.9 Å². The topological polar surface area (TPSA) is 55.5 Å². The number of aliphatic hydroxyl groups excluding tert-OH is 1. The normalized spacial score (nSPS) is 12.4. The lowest BCUT2D eigenvalue weighted by molar-refractivity contribution is 0.272. The summed E-state index contributed by atoms with van der Waals surface area (Å²) in [6, 6.07) is 5.91. The lowest BCUT2D eigenvalue weighted by atomic mass is 10.1. The van der Waals surface area contributed by atoms with Gasteiger partial charge in [0.15, 0.2) is 0 Å². The van der Waals surface area contributed by atoms with Crippen molar-refractivity contribution in [2.75, 3.05) is 13.2 Å². The SMILES string of the molecule is C[C@H](N)c1ccc(Br)cc1OCCCCCCO. The van der Waals surface area contributed by atoms with E-state index in [-0.39, 0.29) is 12.6 Å². The van der Waals surface area contributed by atoms with Crippen molar-refractivity contribution in [1.82, 2.24) is 0 Å². The van der Waals surface area contributed by atoms with Crippen molar-refractivity contribution in [2.24, 2.45) is 5.73 Å². The molecule has 0 saturated carbocycles. The Labute approximate surface area is 117 Å². The maximum Gasteiger partial charge on any atom is 0.125 e. The van der Waals surface area contributed by atoms with E-state index in [1.165, 1.54) is 0 Å². The molecule has 18 heavy (non-hydrogen) atoms. The number of unbranched alkanes of at least 4 members (excludes halogenated alkanes) is 3. The molecule has 0 spiro atoms. The fraction of sp³-hybridized carbons (Fsp3) is 0.571. The molecule has 102 valence electrons. The Balaban J connectivity index is 2.43. The Morgan fingerprint density at radius 1 is 1.28 bits per heavy atom. The molecule has 1 atom stereocenters. The quantitative estimate of drug-likeness (QED) is 0.723. The predicted octanol–water partition coefficient (Wildman–Crippen LogP) is 3.40. The van der Waals surface area contributed by atoms with Gasteiger partial charge in [-0.15, -0.1) is 0 Å². The third kappa shape index (κ3) is 5.38. The zero-order valence-corrected chi connectivity index (χ0v) is 12.4. The molecule has 0 bridgehead atoms. The Morgan fingerprint density at radius 2 is 2.00 bits per heavy atom. The highest BCUT2D eigenvalue weighted by Gasteiger charge is 2.08. The van der Waals surface area contributed by atoms with Crippen molar-refractivity contribution in [3.8, 4) is 5.75 Å². The van der Waals surface area contributed by atoms with Gasteiger partial charge in [0, 0.05) is 22.7 Å². The van der Waals surface area contributed by atoms with Gasteiger partial charge in [-0.3, -0.25) is 0 Å². The van der Waals surface area contributed by atoms with Gasteiger partial charge in [-0.05, 0) is 38.3 Å². The number of benzene rings is 1. The average Bonchev–Trinajstić information content (AvgIpc) is 2.33. The van der Waals surface area contributed by atoms with E-state index < -0.39 is 0 Å². The molecule has 1 aromatic rings. The number of ether oxygens (including phenoxy) is 1. The maximum absolute atomic E-state index is 8.68. The lowest BCUT2D eigenvalue weighted by Crippen LogP contribution is -2.08. The van der Waals surface area contributed by atoms with Crippen molar-refractivity contribution < 1.29 is 9.84 Å². The minimum atomic E-state index is -0.0255. The Morgan fingerprint density at radius 3 is 2.67 bits per heavy atom. The molecule has 1 aromatic carbocycles. The first kappa shape index (κ1) is 15.5. The van der Waals surface area contributed by atoms with Gasteiger partial charge in [-0.2, -0.15) is 0 Å². The number of rotatable bonds is 8. The molecule has 1 rings (SSSR count). The van der Waals surface area contributed by atoms with E-state index in [1.807, 2.05) is 25.1 Å². The van der Waals surface area contributed by atoms with Crippen LogP contribution in [0.3, 0.4) is 0 Å². The zero-order valence-electron chi connectivity index (χ0n) is 10.9. The first-order valence-electron chi connectivity index (χ1n) is 6.44. The molecule has 0 saturated heterocycles. The number of aliphatic hydroxyl groups is 1. The van der Waals surface area contributed by atoms with Crippen molar-refractivity contribution in [1.29, 1.82) is 0 Å². The van der Waals surface area contributed by atoms with Gasteiger partial charge < -0.3 is 15.6 Å². The second kappa shape index (κ2) is 8.51. The molecule has 0 heterocycles. The van der Waals surface area contributed by atoms with Crippen LogP contribution in [0.1, 0.15) is 44.2 Å². The number of halogens is 1. The minimum absolute atomic E-state index is 0.0255. The van der Waals surface area contributed by atoms with E-state index in [9.17, 15) is 0 Å². The Hall–Kier alpha value is -0.580. The van der Waals surface area contributed by atoms with Crippen molar-refractivity contribution in [3.63, 3.8) is 0 Å². The summed E-state index contributed by atoms with van der Waals surface area (Å²) in [6.45, 7) is 2.93. The van der Waals surface area contributed by atoms with Gasteiger partial charge in [0.05, 0.1) is 6.61 Å². The van der Waals surface area contributed by atoms with Crippen LogP contribution in [0.25, 0.3) is 0 Å². The van der Waals surface area contributed by atoms with Crippen LogP contribution in [-0.4, -0.2) is 18.3 Å². The second-order valence-corrected chi connectivity index (χ2v) is 5.37. The van der Waals surface area contributed by atoms with Gasteiger partial charge in [0.25, 0.3) is 0 Å². The van der Waals surface area contributed by atoms with E-state index in [0.717, 1.165) is 41.5 Å². The third-order valence-corrected chi connectivity index (χ3v) is 3.27. The number of nitrogens with two attached hydrogens (primary N) is 1. The molecule has 0 aliphatic carbocycles. The van der Waals surface area contributed by atoms with E-state index in [4.69, 9.17) is 15.6 Å². The molecule has 0 fully saturated rings. The molecular weight excluding hydrogens is 294 g/mol. The smallest absolute Gasteiger partial charge is 0.125 e. The van der Waals surface area contributed by atoms with Crippen molar-refractivity contribution in [2.45, 2.75) is 38.6 Å². The summed E-state index contributed by atoms with van der Waals surface area (Å²) in [4.78, 5) is 0. The van der Waals surface area contributed by atoms with Crippen molar-refractivity contribution >= 4 is 15.9 Å². The van der Waals surface area contributed by atoms with Crippen LogP contribution in [-0.2, 0) is 0 Å². The summed E-state index contributed by atoms with van der Waals surface area (Å²) in [6.07, 6.45) is 4.02. The average molecular weight is 316 g/mol. The molecule has 0 aliphatic heterocycles. The first-order chi connectivity index (χ1) is 8.65. The molecule has 0 amide bonds. The fourth-order valence-corrected chi connectivity index (χ4v) is 2.10. The van der Waals surface area contributed by atoms with Crippen molar-refractivity contribution in [3.05, 3.63) is 28.2 Å². The van der Waals surface area contributed by atoms with Crippen LogP contribution < -0.4 is 10.5 Å². The largest absolute Gasteiger partial charge is 0.493 e. The molecule has 0 unspecified atom stereocenters. The first-order valence-corrected chi connectivity index (χ1v) is 7.23. The fourth-order valence-electron chi connectivity index (χ4n) is 1.76. The summed E-state index contributed by atoms with van der Waals surface area (Å²) in [5, 5.41) is 8.68. The van der Waals surface area contributed by atoms with E-state index in [0.29, 0.717) is 6.61 Å². The van der Waals surface area contributed by atoms with Gasteiger partial charge in [0.2, 0.25) is 0 Å². The molecule has 4 heteroatoms. The highest BCUT2D eigenvalue weighted by molar-refractivity contribution is 9.10. The molecule has 0 aliphatic rings. The van der Waals surface area contributed by atoms with Crippen LogP contribution in [0, 0.1) is 0 Å². The number of hydrogen-bond donors (Lipinski definition) is 2. The summed E-state index contributed by atoms with van der Waals surface area (Å²) < 4.78 is 6.79. The van der Waals surface area contributed by atoms with Crippen LogP contribution in [0.5, 0.6) is 5.75 Å². The van der Waals surface area contributed by atoms with Crippen LogP contribution in [0.2, 0.25) is 0 Å². The molecule has 0 aromatic heterocycles. The maximum atomic E-state index is 8.68. The Kier molecular flexibility index (Phi) is 7.32. The lowest BCUT2D eigenvalue weighted by Gasteiger charge is -2.14. The molecule has 3 N–H and O–H groups in total. The van der Waals surface area contributed by atoms with Gasteiger partial charge in [-0.1, -0.05) is 28.4 Å². The van der Waals surface area contributed by atoms with Gasteiger partial charge in [-0.25, -0.2) is 0 Å². The summed E-state index contributed by atoms with van der Waals surface area (Å²) in [7, 11) is 0. The highest BCUT2D eigenvalue weighted by atomic mass is 79.9. The minimum Gasteiger partial charge on any atom is -0.493 e. The van der Waals surface area contributed by atoms with E-state index in [1.54, 1.807) is 0 Å². The van der Waals surface area contributed by atoms with Crippen LogP contribution in [0.4, 0.5) is 0 Å². The number of hydrogen-bond acceptors (Lipinski definition) is 3. The predicted molar refractivity (Wildman–Crippen MR) is 77.8 cm³/mol. The van der Waals surface area contributed by atoms with Gasteiger partial charge >= 0.3 is 0 Å². The summed E-state index contributed by atoms with van der Waals surface area (Å²) in [5.74, 6) is 0.863.